The molecular weight excluding hydrogens is 608 g/mol. The van der Waals surface area contributed by atoms with Crippen molar-refractivity contribution in [3.8, 4) is 0 Å². The Morgan fingerprint density at radius 2 is 0.857 bits per heavy atom. The number of nitrogens with zero attached hydrogens (tertiary/aromatic N) is 1. The van der Waals surface area contributed by atoms with Crippen molar-refractivity contribution >= 4 is 11.8 Å². The summed E-state index contributed by atoms with van der Waals surface area (Å²) in [4.78, 5) is 30.1. The fraction of sp³-hybridized carbons (Fsp3) is 0.395. The molecule has 6 heteroatoms. The molecule has 0 radical (unpaired) electrons. The fourth-order valence-corrected chi connectivity index (χ4v) is 8.11. The molecule has 0 bridgehead atoms. The van der Waals surface area contributed by atoms with Crippen molar-refractivity contribution in [3.05, 3.63) is 144 Å². The molecule has 1 aliphatic rings. The average molecular weight is 661 g/mol. The lowest BCUT2D eigenvalue weighted by atomic mass is 9.71. The monoisotopic (exact) mass is 660 g/mol. The van der Waals surface area contributed by atoms with Crippen molar-refractivity contribution < 1.29 is 19.8 Å². The maximum absolute atomic E-state index is 15.3. The second-order valence-corrected chi connectivity index (χ2v) is 14.9. The minimum absolute atomic E-state index is 0.260. The van der Waals surface area contributed by atoms with E-state index in [0.717, 1.165) is 22.3 Å². The molecule has 4 N–H and O–H groups in total. The van der Waals surface area contributed by atoms with Gasteiger partial charge in [-0.2, -0.15) is 0 Å². The number of hydrogen-bond acceptors (Lipinski definition) is 4. The Labute approximate surface area is 292 Å². The third kappa shape index (κ3) is 8.14. The van der Waals surface area contributed by atoms with Gasteiger partial charge in [0.25, 0.3) is 0 Å². The van der Waals surface area contributed by atoms with Gasteiger partial charge in [0.1, 0.15) is 5.41 Å². The zero-order valence-electron chi connectivity index (χ0n) is 29.3. The van der Waals surface area contributed by atoms with Crippen molar-refractivity contribution in [2.24, 2.45) is 23.0 Å². The number of carbonyl (C=O) groups is 2. The summed E-state index contributed by atoms with van der Waals surface area (Å²) in [5, 5.41) is 26.6. The van der Waals surface area contributed by atoms with Crippen molar-refractivity contribution in [2.45, 2.75) is 89.5 Å². The molecule has 2 unspecified atom stereocenters. The number of primary amides is 1. The molecule has 0 aliphatic heterocycles. The zero-order valence-corrected chi connectivity index (χ0v) is 29.3. The van der Waals surface area contributed by atoms with E-state index in [0.29, 0.717) is 12.8 Å². The van der Waals surface area contributed by atoms with E-state index in [1.165, 1.54) is 0 Å². The van der Waals surface area contributed by atoms with Gasteiger partial charge in [0.05, 0.1) is 23.3 Å². The maximum atomic E-state index is 15.3. The van der Waals surface area contributed by atoms with Gasteiger partial charge in [-0.15, -0.1) is 0 Å². The molecule has 1 saturated carbocycles. The first-order chi connectivity index (χ1) is 23.4. The van der Waals surface area contributed by atoms with Crippen molar-refractivity contribution in [3.63, 3.8) is 0 Å². The minimum atomic E-state index is -1.48. The summed E-state index contributed by atoms with van der Waals surface area (Å²) < 4.78 is 0. The van der Waals surface area contributed by atoms with Gasteiger partial charge in [-0.25, -0.2) is 0 Å². The molecule has 5 rings (SSSR count). The second kappa shape index (κ2) is 15.1. The minimum Gasteiger partial charge on any atom is -0.387 e. The van der Waals surface area contributed by atoms with Crippen LogP contribution in [0.25, 0.3) is 0 Å². The maximum Gasteiger partial charge on any atom is 0.238 e. The molecule has 49 heavy (non-hydrogen) atoms. The summed E-state index contributed by atoms with van der Waals surface area (Å²) in [6, 6.07) is 37.8. The summed E-state index contributed by atoms with van der Waals surface area (Å²) in [5.74, 6) is -1.58. The molecule has 0 saturated heterocycles. The predicted octanol–water partition coefficient (Wildman–Crippen LogP) is 6.56. The highest BCUT2D eigenvalue weighted by molar-refractivity contribution is 6.07. The van der Waals surface area contributed by atoms with E-state index < -0.39 is 40.5 Å². The van der Waals surface area contributed by atoms with Crippen LogP contribution in [-0.2, 0) is 35.3 Å². The molecule has 1 aliphatic carbocycles. The summed E-state index contributed by atoms with van der Waals surface area (Å²) in [6.07, 6.45) is 1.75. The van der Waals surface area contributed by atoms with Gasteiger partial charge in [-0.1, -0.05) is 149 Å². The van der Waals surface area contributed by atoms with E-state index >= 15 is 4.79 Å². The molecule has 1 fully saturated rings. The van der Waals surface area contributed by atoms with Crippen LogP contribution in [0.2, 0.25) is 0 Å². The van der Waals surface area contributed by atoms with E-state index in [1.54, 1.807) is 4.90 Å². The van der Waals surface area contributed by atoms with Crippen LogP contribution in [0.15, 0.2) is 121 Å². The second-order valence-electron chi connectivity index (χ2n) is 14.9. The molecule has 4 aromatic carbocycles. The highest BCUT2D eigenvalue weighted by Gasteiger charge is 2.62. The SMILES string of the molecule is CC(C)C(N(C(=O)C1(C(N)=O)CC1)C(C(C)C)C(O)(Cc1ccccc1)Cc1ccccc1)C(O)(Cc1ccccc1)Cc1ccccc1. The molecule has 4 aromatic rings. The van der Waals surface area contributed by atoms with E-state index in [-0.39, 0.29) is 37.5 Å². The molecule has 2 atom stereocenters. The van der Waals surface area contributed by atoms with Gasteiger partial charge in [-0.05, 0) is 46.9 Å². The van der Waals surface area contributed by atoms with Gasteiger partial charge in [0.2, 0.25) is 11.8 Å². The van der Waals surface area contributed by atoms with Gasteiger partial charge in [-0.3, -0.25) is 9.59 Å². The first-order valence-electron chi connectivity index (χ1n) is 17.6. The number of aliphatic hydroxyl groups is 2. The topological polar surface area (TPSA) is 104 Å². The Kier molecular flexibility index (Phi) is 11.1. The molecule has 0 aromatic heterocycles. The van der Waals surface area contributed by atoms with Gasteiger partial charge >= 0.3 is 0 Å². The van der Waals surface area contributed by atoms with Crippen molar-refractivity contribution in [2.75, 3.05) is 0 Å². The van der Waals surface area contributed by atoms with E-state index in [2.05, 4.69) is 0 Å². The first-order valence-corrected chi connectivity index (χ1v) is 17.6. The van der Waals surface area contributed by atoms with Crippen LogP contribution in [-0.4, -0.2) is 50.2 Å². The molecule has 2 amide bonds. The highest BCUT2D eigenvalue weighted by atomic mass is 16.3. The average Bonchev–Trinajstić information content (AvgIpc) is 3.88. The van der Waals surface area contributed by atoms with E-state index in [4.69, 9.17) is 5.73 Å². The van der Waals surface area contributed by atoms with Gasteiger partial charge < -0.3 is 20.8 Å². The zero-order chi connectivity index (χ0) is 35.2. The van der Waals surface area contributed by atoms with Crippen molar-refractivity contribution in [1.82, 2.24) is 4.90 Å². The molecular formula is C43H52N2O4. The van der Waals surface area contributed by atoms with Crippen LogP contribution in [0.4, 0.5) is 0 Å². The lowest BCUT2D eigenvalue weighted by Crippen LogP contribution is -2.70. The Morgan fingerprint density at radius 1 is 0.592 bits per heavy atom. The van der Waals surface area contributed by atoms with Crippen LogP contribution < -0.4 is 5.73 Å². The molecule has 258 valence electrons. The summed E-state index contributed by atoms with van der Waals surface area (Å²) in [7, 11) is 0. The Bertz CT molecular complexity index is 1470. The Balaban J connectivity index is 1.75. The fourth-order valence-electron chi connectivity index (χ4n) is 8.11. The van der Waals surface area contributed by atoms with Gasteiger partial charge in [0, 0.05) is 25.7 Å². The third-order valence-electron chi connectivity index (χ3n) is 10.2. The molecule has 0 heterocycles. The predicted molar refractivity (Wildman–Crippen MR) is 195 cm³/mol. The van der Waals surface area contributed by atoms with E-state index in [1.807, 2.05) is 149 Å². The summed E-state index contributed by atoms with van der Waals surface area (Å²) in [5.41, 5.74) is 5.42. The van der Waals surface area contributed by atoms with Crippen LogP contribution >= 0.6 is 0 Å². The lowest BCUT2D eigenvalue weighted by Gasteiger charge is -2.54. The summed E-state index contributed by atoms with van der Waals surface area (Å²) in [6.45, 7) is 8.06. The van der Waals surface area contributed by atoms with E-state index in [9.17, 15) is 15.0 Å². The molecule has 6 nitrogen and oxygen atoms in total. The lowest BCUT2D eigenvalue weighted by molar-refractivity contribution is -0.174. The number of hydrogen-bond donors (Lipinski definition) is 3. The number of benzene rings is 4. The number of rotatable bonds is 16. The Morgan fingerprint density at radius 3 is 1.06 bits per heavy atom. The smallest absolute Gasteiger partial charge is 0.238 e. The number of amides is 2. The first kappa shape index (κ1) is 36.0. The largest absolute Gasteiger partial charge is 0.387 e. The Hall–Kier alpha value is -4.26. The summed E-state index contributed by atoms with van der Waals surface area (Å²) >= 11 is 0. The number of carbonyl (C=O) groups excluding carboxylic acids is 2. The van der Waals surface area contributed by atoms with Crippen LogP contribution in [0.1, 0.15) is 62.8 Å². The third-order valence-corrected chi connectivity index (χ3v) is 10.2. The normalized spacial score (nSPS) is 15.5. The van der Waals surface area contributed by atoms with Crippen LogP contribution in [0.5, 0.6) is 0 Å². The van der Waals surface area contributed by atoms with Gasteiger partial charge in [0.15, 0.2) is 0 Å². The van der Waals surface area contributed by atoms with Crippen molar-refractivity contribution in [1.29, 1.82) is 0 Å². The number of nitrogens with two attached hydrogens (primary N) is 1. The highest BCUT2D eigenvalue weighted by Crippen LogP contribution is 2.50. The molecule has 0 spiro atoms. The van der Waals surface area contributed by atoms with Crippen LogP contribution in [0, 0.1) is 17.3 Å². The quantitative estimate of drug-likeness (QED) is 0.118. The van der Waals surface area contributed by atoms with Crippen LogP contribution in [0.3, 0.4) is 0 Å². The standard InChI is InChI=1S/C43H52N2O4/c1-31(2)37(42(48,27-33-17-9-5-10-18-33)28-34-19-11-6-12-20-34)45(40(47)41(25-26-41)39(44)46)38(32(3)4)43(49,29-35-21-13-7-14-22-35)30-36-23-15-8-16-24-36/h5-24,31-32,37-38,48-49H,25-30H2,1-4H3,(H2,44,46).